The number of carbonyl (C=O) groups is 2. The number of anilines is 1. The molecule has 20 heavy (non-hydrogen) atoms. The van der Waals surface area contributed by atoms with Gasteiger partial charge in [-0.25, -0.2) is 9.18 Å². The highest BCUT2D eigenvalue weighted by Gasteiger charge is 2.11. The van der Waals surface area contributed by atoms with Gasteiger partial charge in [-0.3, -0.25) is 4.79 Å². The summed E-state index contributed by atoms with van der Waals surface area (Å²) in [6.07, 6.45) is 0.235. The molecule has 1 unspecified atom stereocenters. The van der Waals surface area contributed by atoms with Gasteiger partial charge in [-0.15, -0.1) is 0 Å². The number of amides is 2. The Labute approximate surface area is 115 Å². The quantitative estimate of drug-likeness (QED) is 0.767. The molecule has 1 rings (SSSR count). The van der Waals surface area contributed by atoms with Crippen LogP contribution in [0.25, 0.3) is 0 Å². The average molecular weight is 279 g/mol. The summed E-state index contributed by atoms with van der Waals surface area (Å²) in [6, 6.07) is 4.29. The van der Waals surface area contributed by atoms with Gasteiger partial charge in [-0.2, -0.15) is 5.26 Å². The van der Waals surface area contributed by atoms with Crippen LogP contribution in [0.2, 0.25) is 0 Å². The Hall–Kier alpha value is -2.62. The van der Waals surface area contributed by atoms with E-state index in [0.717, 1.165) is 12.1 Å². The maximum atomic E-state index is 12.9. The van der Waals surface area contributed by atoms with Crippen LogP contribution in [0, 0.1) is 17.1 Å². The Kier molecular flexibility index (Phi) is 5.47. The van der Waals surface area contributed by atoms with Crippen LogP contribution in [0.5, 0.6) is 0 Å². The number of rotatable bonds is 5. The Morgan fingerprint density at radius 2 is 2.20 bits per heavy atom. The number of nitrogens with zero attached hydrogens (tertiary/aromatic N) is 1. The van der Waals surface area contributed by atoms with E-state index in [1.165, 1.54) is 6.07 Å². The van der Waals surface area contributed by atoms with Crippen molar-refractivity contribution in [2.24, 2.45) is 0 Å². The third-order valence-corrected chi connectivity index (χ3v) is 2.52. The van der Waals surface area contributed by atoms with Gasteiger partial charge in [0.25, 0.3) is 0 Å². The molecule has 0 aliphatic heterocycles. The molecule has 6 nitrogen and oxygen atoms in total. The molecule has 0 fully saturated rings. The zero-order chi connectivity index (χ0) is 15.1. The molecule has 0 bridgehead atoms. The van der Waals surface area contributed by atoms with Gasteiger partial charge in [0.2, 0.25) is 0 Å². The fraction of sp³-hybridized carbons (Fsp3) is 0.308. The summed E-state index contributed by atoms with van der Waals surface area (Å²) in [7, 11) is 0. The minimum atomic E-state index is -0.940. The summed E-state index contributed by atoms with van der Waals surface area (Å²) >= 11 is 0. The zero-order valence-corrected chi connectivity index (χ0v) is 10.8. The van der Waals surface area contributed by atoms with E-state index >= 15 is 0 Å². The molecular formula is C13H14FN3O3. The number of carbonyl (C=O) groups excluding carboxylic acids is 1. The first-order valence-electron chi connectivity index (χ1n) is 5.91. The number of urea groups is 1. The van der Waals surface area contributed by atoms with Gasteiger partial charge in [0, 0.05) is 12.5 Å². The van der Waals surface area contributed by atoms with Crippen molar-refractivity contribution in [3.63, 3.8) is 0 Å². The number of hydrogen-bond acceptors (Lipinski definition) is 3. The first-order chi connectivity index (χ1) is 9.42. The number of nitrogens with one attached hydrogen (secondary N) is 2. The van der Waals surface area contributed by atoms with Crippen LogP contribution in [0.1, 0.15) is 25.3 Å². The summed E-state index contributed by atoms with van der Waals surface area (Å²) in [6.45, 7) is 1.67. The van der Waals surface area contributed by atoms with E-state index in [-0.39, 0.29) is 30.1 Å². The molecule has 1 aromatic rings. The zero-order valence-electron chi connectivity index (χ0n) is 10.8. The molecule has 2 amide bonds. The van der Waals surface area contributed by atoms with Gasteiger partial charge < -0.3 is 15.7 Å². The summed E-state index contributed by atoms with van der Waals surface area (Å²) in [4.78, 5) is 22.0. The predicted molar refractivity (Wildman–Crippen MR) is 69.6 cm³/mol. The second kappa shape index (κ2) is 7.09. The summed E-state index contributed by atoms with van der Waals surface area (Å²) in [5.41, 5.74) is 0.204. The van der Waals surface area contributed by atoms with E-state index in [2.05, 4.69) is 10.6 Å². The van der Waals surface area contributed by atoms with Crippen molar-refractivity contribution < 1.29 is 19.1 Å². The average Bonchev–Trinajstić information content (AvgIpc) is 2.38. The smallest absolute Gasteiger partial charge is 0.319 e. The van der Waals surface area contributed by atoms with Crippen LogP contribution in [0.15, 0.2) is 18.2 Å². The Morgan fingerprint density at radius 1 is 1.50 bits per heavy atom. The SMILES string of the molecule is CC(CCC(=O)O)NC(=O)Nc1ccc(F)cc1C#N. The molecule has 106 valence electrons. The van der Waals surface area contributed by atoms with Crippen molar-refractivity contribution in [2.75, 3.05) is 5.32 Å². The van der Waals surface area contributed by atoms with Gasteiger partial charge in [-0.1, -0.05) is 0 Å². The maximum absolute atomic E-state index is 12.9. The van der Waals surface area contributed by atoms with E-state index in [1.807, 2.05) is 0 Å². The van der Waals surface area contributed by atoms with Crippen LogP contribution < -0.4 is 10.6 Å². The predicted octanol–water partition coefficient (Wildman–Crippen LogP) is 2.07. The molecule has 0 spiro atoms. The fourth-order valence-electron chi connectivity index (χ4n) is 1.51. The van der Waals surface area contributed by atoms with Crippen molar-refractivity contribution in [1.82, 2.24) is 5.32 Å². The molecule has 0 aliphatic rings. The molecule has 0 radical (unpaired) electrons. The fourth-order valence-corrected chi connectivity index (χ4v) is 1.51. The van der Waals surface area contributed by atoms with Crippen molar-refractivity contribution in [3.05, 3.63) is 29.6 Å². The van der Waals surface area contributed by atoms with Gasteiger partial charge in [0.15, 0.2) is 0 Å². The lowest BCUT2D eigenvalue weighted by Gasteiger charge is -2.14. The van der Waals surface area contributed by atoms with Crippen molar-refractivity contribution >= 4 is 17.7 Å². The lowest BCUT2D eigenvalue weighted by Crippen LogP contribution is -2.36. The summed E-state index contributed by atoms with van der Waals surface area (Å²) in [5, 5.41) is 22.3. The maximum Gasteiger partial charge on any atom is 0.319 e. The van der Waals surface area contributed by atoms with Crippen LogP contribution in [-0.2, 0) is 4.79 Å². The Morgan fingerprint density at radius 3 is 2.80 bits per heavy atom. The van der Waals surface area contributed by atoms with E-state index in [0.29, 0.717) is 0 Å². The standard InChI is InChI=1S/C13H14FN3O3/c1-8(2-5-12(18)19)16-13(20)17-11-4-3-10(14)6-9(11)7-15/h3-4,6,8H,2,5H2,1H3,(H,18,19)(H2,16,17,20). The van der Waals surface area contributed by atoms with Crippen LogP contribution >= 0.6 is 0 Å². The van der Waals surface area contributed by atoms with Crippen molar-refractivity contribution in [2.45, 2.75) is 25.8 Å². The largest absolute Gasteiger partial charge is 0.481 e. The lowest BCUT2D eigenvalue weighted by atomic mass is 10.2. The van der Waals surface area contributed by atoms with E-state index < -0.39 is 17.8 Å². The number of carboxylic acids is 1. The first-order valence-corrected chi connectivity index (χ1v) is 5.91. The second-order valence-electron chi connectivity index (χ2n) is 4.23. The summed E-state index contributed by atoms with van der Waals surface area (Å²) < 4.78 is 12.9. The molecule has 1 aromatic carbocycles. The van der Waals surface area contributed by atoms with Crippen LogP contribution in [-0.4, -0.2) is 23.1 Å². The van der Waals surface area contributed by atoms with Gasteiger partial charge >= 0.3 is 12.0 Å². The van der Waals surface area contributed by atoms with E-state index in [9.17, 15) is 14.0 Å². The molecule has 7 heteroatoms. The molecule has 0 saturated heterocycles. The number of carboxylic acid groups (broad SMARTS) is 1. The normalized spacial score (nSPS) is 11.2. The molecule has 3 N–H and O–H groups in total. The molecule has 0 aliphatic carbocycles. The first kappa shape index (κ1) is 15.4. The minimum absolute atomic E-state index is 0.0124. The van der Waals surface area contributed by atoms with Crippen LogP contribution in [0.4, 0.5) is 14.9 Å². The molecular weight excluding hydrogens is 265 g/mol. The second-order valence-corrected chi connectivity index (χ2v) is 4.23. The van der Waals surface area contributed by atoms with Crippen LogP contribution in [0.3, 0.4) is 0 Å². The lowest BCUT2D eigenvalue weighted by molar-refractivity contribution is -0.137. The monoisotopic (exact) mass is 279 g/mol. The minimum Gasteiger partial charge on any atom is -0.481 e. The number of nitriles is 1. The highest BCUT2D eigenvalue weighted by molar-refractivity contribution is 5.90. The number of hydrogen-bond donors (Lipinski definition) is 3. The molecule has 1 atom stereocenters. The third-order valence-electron chi connectivity index (χ3n) is 2.52. The van der Waals surface area contributed by atoms with Gasteiger partial charge in [-0.05, 0) is 31.5 Å². The number of benzene rings is 1. The molecule has 0 heterocycles. The Balaban J connectivity index is 2.59. The van der Waals surface area contributed by atoms with Crippen molar-refractivity contribution in [1.29, 1.82) is 5.26 Å². The molecule has 0 saturated carbocycles. The van der Waals surface area contributed by atoms with Gasteiger partial charge in [0.05, 0.1) is 11.3 Å². The highest BCUT2D eigenvalue weighted by atomic mass is 19.1. The number of halogens is 1. The van der Waals surface area contributed by atoms with E-state index in [4.69, 9.17) is 10.4 Å². The van der Waals surface area contributed by atoms with Gasteiger partial charge in [0.1, 0.15) is 11.9 Å². The Bertz CT molecular complexity index is 554. The molecule has 0 aromatic heterocycles. The topological polar surface area (TPSA) is 102 Å². The third kappa shape index (κ3) is 4.94. The van der Waals surface area contributed by atoms with E-state index in [1.54, 1.807) is 13.0 Å². The summed E-state index contributed by atoms with van der Waals surface area (Å²) in [5.74, 6) is -1.51. The highest BCUT2D eigenvalue weighted by Crippen LogP contribution is 2.15. The number of aliphatic carboxylic acids is 1. The van der Waals surface area contributed by atoms with Crippen molar-refractivity contribution in [3.8, 4) is 6.07 Å².